The number of hydrogen-bond donors (Lipinski definition) is 1. The van der Waals surface area contributed by atoms with Crippen LogP contribution in [-0.2, 0) is 16.2 Å². The lowest BCUT2D eigenvalue weighted by Gasteiger charge is -2.26. The van der Waals surface area contributed by atoms with Gasteiger partial charge in [-0.15, -0.1) is 0 Å². The van der Waals surface area contributed by atoms with E-state index in [0.29, 0.717) is 28.2 Å². The fraction of sp³-hybridized carbons (Fsp3) is 0.238. The van der Waals surface area contributed by atoms with Crippen LogP contribution in [0.3, 0.4) is 0 Å². The summed E-state index contributed by atoms with van der Waals surface area (Å²) in [5.74, 6) is 0.824. The minimum absolute atomic E-state index is 0.0499. The Hall–Kier alpha value is -7.04. The van der Waals surface area contributed by atoms with Gasteiger partial charge in [-0.2, -0.15) is 0 Å². The predicted octanol–water partition coefficient (Wildman–Crippen LogP) is 16.9. The Morgan fingerprint density at radius 2 is 1.18 bits per heavy atom. The molecule has 0 fully saturated rings. The topological polar surface area (TPSA) is 50.9 Å². The molecule has 2 aromatic heterocycles. The fourth-order valence-corrected chi connectivity index (χ4v) is 9.18. The Labute approximate surface area is 403 Å². The number of imidazole rings is 1. The fourth-order valence-electron chi connectivity index (χ4n) is 9.18. The molecular weight excluding hydrogens is 815 g/mol. The van der Waals surface area contributed by atoms with Crippen LogP contribution in [0.5, 0.6) is 5.75 Å². The number of nitrogens with zero attached hydrogens (tertiary/aromatic N) is 3. The van der Waals surface area contributed by atoms with Gasteiger partial charge in [0.25, 0.3) is 0 Å². The number of hydrogen-bond acceptors (Lipinski definition) is 3. The van der Waals surface area contributed by atoms with Crippen LogP contribution in [0.1, 0.15) is 101 Å². The van der Waals surface area contributed by atoms with Gasteiger partial charge in [-0.1, -0.05) is 171 Å². The smallest absolute Gasteiger partial charge is 0.149 e. The molecule has 0 aliphatic carbocycles. The van der Waals surface area contributed by atoms with Crippen molar-refractivity contribution in [2.45, 2.75) is 99.3 Å². The first-order chi connectivity index (χ1) is 33.4. The number of para-hydroxylation sites is 1. The van der Waals surface area contributed by atoms with Crippen LogP contribution in [0.4, 0.5) is 0 Å². The number of phenols is 1. The quantitative estimate of drug-likeness (QED) is 0.173. The van der Waals surface area contributed by atoms with E-state index in [1.54, 1.807) is 19.2 Å². The van der Waals surface area contributed by atoms with Gasteiger partial charge in [0.2, 0.25) is 0 Å². The molecule has 0 aliphatic rings. The van der Waals surface area contributed by atoms with Gasteiger partial charge in [-0.3, -0.25) is 9.55 Å². The van der Waals surface area contributed by atoms with E-state index in [9.17, 15) is 5.11 Å². The normalized spacial score (nSPS) is 13.1. The molecule has 0 saturated carbocycles. The molecule has 0 radical (unpaired) electrons. The summed E-state index contributed by atoms with van der Waals surface area (Å²) >= 11 is 0. The molecule has 4 heteroatoms. The summed E-state index contributed by atoms with van der Waals surface area (Å²) in [6.45, 7) is 25.7. The van der Waals surface area contributed by atoms with Crippen molar-refractivity contribution < 1.29 is 10.6 Å². The van der Waals surface area contributed by atoms with Crippen molar-refractivity contribution in [1.29, 1.82) is 0 Å². The molecule has 7 aromatic carbocycles. The van der Waals surface area contributed by atoms with E-state index >= 15 is 0 Å². The van der Waals surface area contributed by atoms with Crippen LogP contribution >= 0.6 is 0 Å². The number of phenolic OH excluding ortho intramolecular Hbond substituents is 1. The Morgan fingerprint density at radius 1 is 0.507 bits per heavy atom. The van der Waals surface area contributed by atoms with E-state index < -0.39 is 0 Å². The average Bonchev–Trinajstić information content (AvgIpc) is 3.72. The standard InChI is InChI=1S/C63H63N3O/c1-39-24-26-42(27-25-39)44-30-31-64-54(37-44)47-34-46(35-49(36-47)62(7,8)9)51-21-17-23-56-58(51)65-60(52-38-48(61(4,5)6)33-41(3)59(52)67)66(56)55-29-28-45(32-40(55)2)57-50(43-18-14-13-15-19-43)20-16-22-53(57)63(10,11)12/h13-38,67H,1-12H3/i24D,25D,26D,27D. The highest BCUT2D eigenvalue weighted by molar-refractivity contribution is 5.97. The lowest BCUT2D eigenvalue weighted by atomic mass is 9.78. The summed E-state index contributed by atoms with van der Waals surface area (Å²) in [5.41, 5.74) is 17.1. The molecule has 0 atom stereocenters. The molecule has 9 rings (SSSR count). The predicted molar refractivity (Wildman–Crippen MR) is 283 cm³/mol. The third-order valence-electron chi connectivity index (χ3n) is 13.0. The van der Waals surface area contributed by atoms with Crippen LogP contribution in [-0.4, -0.2) is 19.6 Å². The number of aromatic hydroxyl groups is 1. The van der Waals surface area contributed by atoms with E-state index in [0.717, 1.165) is 61.2 Å². The van der Waals surface area contributed by atoms with Crippen molar-refractivity contribution in [3.63, 3.8) is 0 Å². The third kappa shape index (κ3) is 8.74. The first kappa shape index (κ1) is 40.3. The monoisotopic (exact) mass is 882 g/mol. The summed E-state index contributed by atoms with van der Waals surface area (Å²) in [6.07, 6.45) is 1.67. The summed E-state index contributed by atoms with van der Waals surface area (Å²) in [4.78, 5) is 10.4. The molecule has 0 unspecified atom stereocenters. The Morgan fingerprint density at radius 3 is 1.87 bits per heavy atom. The second kappa shape index (κ2) is 17.0. The molecule has 0 saturated heterocycles. The number of benzene rings is 7. The zero-order valence-electron chi connectivity index (χ0n) is 45.0. The van der Waals surface area contributed by atoms with Crippen molar-refractivity contribution in [3.05, 3.63) is 191 Å². The molecule has 2 heterocycles. The van der Waals surface area contributed by atoms with Gasteiger partial charge in [0.1, 0.15) is 11.6 Å². The number of fused-ring (bicyclic) bond motifs is 1. The van der Waals surface area contributed by atoms with E-state index in [4.69, 9.17) is 15.5 Å². The molecular formula is C63H63N3O. The number of aryl methyl sites for hydroxylation is 2. The molecule has 0 amide bonds. The third-order valence-corrected chi connectivity index (χ3v) is 13.0. The summed E-state index contributed by atoms with van der Waals surface area (Å²) < 4.78 is 37.0. The van der Waals surface area contributed by atoms with Crippen molar-refractivity contribution in [1.82, 2.24) is 14.5 Å². The minimum atomic E-state index is -0.262. The first-order valence-corrected chi connectivity index (χ1v) is 23.3. The molecule has 0 bridgehead atoms. The Kier molecular flexibility index (Phi) is 10.2. The molecule has 0 aliphatic heterocycles. The second-order valence-corrected chi connectivity index (χ2v) is 21.2. The SMILES string of the molecule is [2H]c1c([2H])c(-c2ccnc(-c3cc(-c4cccc5c4nc(-c4cc(C(C)(C)C)cc(C)c4O)n5-c4ccc(-c5c(-c6ccccc6)cccc5C(C)(C)C)cc4C)cc(C(C)(C)C)c3)c2)c([2H])c([2H])c1C. The van der Waals surface area contributed by atoms with Gasteiger partial charge in [-0.25, -0.2) is 4.98 Å². The lowest BCUT2D eigenvalue weighted by Crippen LogP contribution is -2.13. The van der Waals surface area contributed by atoms with Crippen molar-refractivity contribution in [3.8, 4) is 78.6 Å². The average molecular weight is 882 g/mol. The molecule has 4 nitrogen and oxygen atoms in total. The van der Waals surface area contributed by atoms with Gasteiger partial charge >= 0.3 is 0 Å². The highest BCUT2D eigenvalue weighted by Crippen LogP contribution is 2.45. The Balaban J connectivity index is 1.29. The summed E-state index contributed by atoms with van der Waals surface area (Å²) in [5, 5.41) is 12.1. The number of pyridine rings is 1. The first-order valence-electron chi connectivity index (χ1n) is 25.3. The highest BCUT2D eigenvalue weighted by Gasteiger charge is 2.27. The summed E-state index contributed by atoms with van der Waals surface area (Å²) in [7, 11) is 0. The molecule has 0 spiro atoms. The van der Waals surface area contributed by atoms with Crippen molar-refractivity contribution in [2.75, 3.05) is 0 Å². The van der Waals surface area contributed by atoms with Crippen LogP contribution in [0.2, 0.25) is 0 Å². The Bertz CT molecular complexity index is 3540. The van der Waals surface area contributed by atoms with Gasteiger partial charge < -0.3 is 5.11 Å². The molecule has 67 heavy (non-hydrogen) atoms. The molecule has 9 aromatic rings. The summed E-state index contributed by atoms with van der Waals surface area (Å²) in [6, 6.07) is 44.3. The minimum Gasteiger partial charge on any atom is -0.507 e. The maximum atomic E-state index is 12.1. The lowest BCUT2D eigenvalue weighted by molar-refractivity contribution is 0.471. The van der Waals surface area contributed by atoms with E-state index in [-0.39, 0.29) is 51.7 Å². The van der Waals surface area contributed by atoms with Gasteiger partial charge in [0.05, 0.1) is 33.5 Å². The molecule has 336 valence electrons. The van der Waals surface area contributed by atoms with E-state index in [1.165, 1.54) is 22.3 Å². The van der Waals surface area contributed by atoms with E-state index in [2.05, 4.69) is 189 Å². The number of aromatic nitrogens is 3. The van der Waals surface area contributed by atoms with Crippen LogP contribution in [0.15, 0.2) is 158 Å². The molecule has 1 N–H and O–H groups in total. The van der Waals surface area contributed by atoms with Crippen molar-refractivity contribution in [2.24, 2.45) is 0 Å². The van der Waals surface area contributed by atoms with Crippen LogP contribution < -0.4 is 0 Å². The zero-order valence-corrected chi connectivity index (χ0v) is 41.0. The second-order valence-electron chi connectivity index (χ2n) is 21.2. The highest BCUT2D eigenvalue weighted by atomic mass is 16.3. The van der Waals surface area contributed by atoms with Crippen LogP contribution in [0.25, 0.3) is 83.9 Å². The van der Waals surface area contributed by atoms with Crippen molar-refractivity contribution >= 4 is 11.0 Å². The zero-order chi connectivity index (χ0) is 51.1. The number of rotatable bonds is 7. The van der Waals surface area contributed by atoms with Gasteiger partial charge in [0, 0.05) is 17.3 Å². The van der Waals surface area contributed by atoms with Gasteiger partial charge in [0.15, 0.2) is 0 Å². The maximum Gasteiger partial charge on any atom is 0.149 e. The van der Waals surface area contributed by atoms with Gasteiger partial charge in [-0.05, 0) is 152 Å². The van der Waals surface area contributed by atoms with E-state index in [1.807, 2.05) is 13.0 Å². The maximum absolute atomic E-state index is 12.1. The van der Waals surface area contributed by atoms with Crippen LogP contribution in [0, 0.1) is 20.8 Å². The largest absolute Gasteiger partial charge is 0.507 e.